The highest BCUT2D eigenvalue weighted by atomic mass is 16.1. The van der Waals surface area contributed by atoms with E-state index in [4.69, 9.17) is 4.98 Å². The third-order valence-corrected chi connectivity index (χ3v) is 7.30. The fraction of sp³-hybridized carbons (Fsp3) is 0.250. The Balaban J connectivity index is 1.22. The molecule has 0 unspecified atom stereocenters. The Labute approximate surface area is 223 Å². The molecule has 0 saturated heterocycles. The molecule has 39 heavy (non-hydrogen) atoms. The van der Waals surface area contributed by atoms with Crippen LogP contribution >= 0.6 is 0 Å². The Morgan fingerprint density at radius 2 is 1.92 bits per heavy atom. The van der Waals surface area contributed by atoms with Crippen molar-refractivity contribution < 1.29 is 4.79 Å². The molecule has 6 aromatic rings. The largest absolute Gasteiger partial charge is 0.336 e. The quantitative estimate of drug-likeness (QED) is 0.292. The normalized spacial score (nSPS) is 14.3. The number of fused-ring (bicyclic) bond motifs is 2. The van der Waals surface area contributed by atoms with Gasteiger partial charge in [-0.05, 0) is 38.0 Å². The molecule has 0 bridgehead atoms. The van der Waals surface area contributed by atoms with Gasteiger partial charge in [-0.2, -0.15) is 5.10 Å². The predicted molar refractivity (Wildman–Crippen MR) is 147 cm³/mol. The van der Waals surface area contributed by atoms with Crippen molar-refractivity contribution in [2.75, 3.05) is 5.32 Å². The average Bonchev–Trinajstić information content (AvgIpc) is 3.71. The number of anilines is 1. The van der Waals surface area contributed by atoms with Gasteiger partial charge in [0.15, 0.2) is 17.3 Å². The second-order valence-corrected chi connectivity index (χ2v) is 10.0. The summed E-state index contributed by atoms with van der Waals surface area (Å²) in [6.45, 7) is 1.93. The molecule has 0 spiro atoms. The maximum Gasteiger partial charge on any atom is 0.227 e. The molecule has 11 heteroatoms. The molecule has 0 aliphatic heterocycles. The lowest BCUT2D eigenvalue weighted by Gasteiger charge is -2.20. The Morgan fingerprint density at radius 3 is 2.77 bits per heavy atom. The predicted octanol–water partition coefficient (Wildman–Crippen LogP) is 4.97. The summed E-state index contributed by atoms with van der Waals surface area (Å²) in [5, 5.41) is 11.4. The Kier molecular flexibility index (Phi) is 5.61. The number of imidazole rings is 2. The van der Waals surface area contributed by atoms with E-state index in [9.17, 15) is 4.79 Å². The number of H-pyrrole nitrogens is 2. The Hall–Kier alpha value is -4.93. The van der Waals surface area contributed by atoms with E-state index in [1.54, 1.807) is 31.1 Å². The summed E-state index contributed by atoms with van der Waals surface area (Å²) in [6.07, 6.45) is 15.9. The van der Waals surface area contributed by atoms with Gasteiger partial charge in [0.2, 0.25) is 5.91 Å². The maximum absolute atomic E-state index is 12.8. The Bertz CT molecular complexity index is 1820. The van der Waals surface area contributed by atoms with Crippen LogP contribution in [0.25, 0.3) is 50.5 Å². The molecule has 1 saturated carbocycles. The number of nitrogens with one attached hydrogen (secondary N) is 3. The molecule has 6 heterocycles. The van der Waals surface area contributed by atoms with E-state index >= 15 is 0 Å². The molecule has 1 aliphatic rings. The third kappa shape index (κ3) is 4.31. The molecule has 0 radical (unpaired) electrons. The molecule has 1 amide bonds. The molecule has 1 aliphatic carbocycles. The summed E-state index contributed by atoms with van der Waals surface area (Å²) in [7, 11) is 0. The number of carbonyl (C=O) groups is 1. The van der Waals surface area contributed by atoms with Crippen LogP contribution in [-0.2, 0) is 4.79 Å². The van der Waals surface area contributed by atoms with Crippen LogP contribution in [0.1, 0.15) is 37.8 Å². The van der Waals surface area contributed by atoms with Crippen LogP contribution in [0.3, 0.4) is 0 Å². The summed E-state index contributed by atoms with van der Waals surface area (Å²) in [6, 6.07) is 5.83. The van der Waals surface area contributed by atoms with E-state index in [0.29, 0.717) is 23.0 Å². The molecule has 11 nitrogen and oxygen atoms in total. The van der Waals surface area contributed by atoms with Gasteiger partial charge in [-0.3, -0.25) is 19.4 Å². The number of hydrogen-bond donors (Lipinski definition) is 3. The first-order chi connectivity index (χ1) is 19.1. The zero-order valence-electron chi connectivity index (χ0n) is 21.3. The van der Waals surface area contributed by atoms with Gasteiger partial charge in [-0.25, -0.2) is 19.9 Å². The van der Waals surface area contributed by atoms with E-state index in [2.05, 4.69) is 40.4 Å². The number of pyridine rings is 3. The first-order valence-electron chi connectivity index (χ1n) is 13.1. The summed E-state index contributed by atoms with van der Waals surface area (Å²) >= 11 is 0. The van der Waals surface area contributed by atoms with Crippen LogP contribution < -0.4 is 5.32 Å². The number of amides is 1. The first kappa shape index (κ1) is 23.2. The molecule has 0 atom stereocenters. The van der Waals surface area contributed by atoms with Crippen molar-refractivity contribution in [3.8, 4) is 28.5 Å². The highest BCUT2D eigenvalue weighted by Crippen LogP contribution is 2.31. The van der Waals surface area contributed by atoms with Crippen LogP contribution in [0.4, 0.5) is 5.69 Å². The van der Waals surface area contributed by atoms with Gasteiger partial charge in [0.1, 0.15) is 17.5 Å². The molecule has 6 aromatic heterocycles. The van der Waals surface area contributed by atoms with E-state index in [1.165, 1.54) is 6.42 Å². The topological polar surface area (TPSA) is 143 Å². The van der Waals surface area contributed by atoms with Crippen molar-refractivity contribution in [1.82, 2.24) is 44.7 Å². The molecule has 7 rings (SSSR count). The van der Waals surface area contributed by atoms with Gasteiger partial charge in [0.25, 0.3) is 0 Å². The van der Waals surface area contributed by atoms with Gasteiger partial charge in [0, 0.05) is 41.8 Å². The number of nitrogens with zero attached hydrogens (tertiary/aromatic N) is 7. The van der Waals surface area contributed by atoms with Gasteiger partial charge < -0.3 is 10.3 Å². The maximum atomic E-state index is 12.8. The van der Waals surface area contributed by atoms with Crippen LogP contribution in [0, 0.1) is 12.8 Å². The number of aromatic amines is 2. The second kappa shape index (κ2) is 9.43. The molecular formula is C28H26N10O. The van der Waals surface area contributed by atoms with Gasteiger partial charge >= 0.3 is 0 Å². The minimum atomic E-state index is 0.0731. The monoisotopic (exact) mass is 518 g/mol. The summed E-state index contributed by atoms with van der Waals surface area (Å²) < 4.78 is 1.86. The number of aryl methyl sites for hydroxylation is 1. The van der Waals surface area contributed by atoms with Crippen molar-refractivity contribution in [3.05, 3.63) is 61.2 Å². The fourth-order valence-electron chi connectivity index (χ4n) is 5.28. The summed E-state index contributed by atoms with van der Waals surface area (Å²) in [5.41, 5.74) is 6.16. The molecule has 3 N–H and O–H groups in total. The van der Waals surface area contributed by atoms with Crippen molar-refractivity contribution >= 4 is 33.7 Å². The van der Waals surface area contributed by atoms with Gasteiger partial charge in [0.05, 0.1) is 28.5 Å². The van der Waals surface area contributed by atoms with Gasteiger partial charge in [-0.1, -0.05) is 19.3 Å². The molecule has 0 aromatic carbocycles. The first-order valence-corrected chi connectivity index (χ1v) is 13.1. The fourth-order valence-corrected chi connectivity index (χ4v) is 5.28. The summed E-state index contributed by atoms with van der Waals surface area (Å²) in [5.74, 6) is 1.47. The van der Waals surface area contributed by atoms with E-state index < -0.39 is 0 Å². The SMILES string of the molecule is Cc1cn(-c2nccc3[nH]c(-c4[nH]nc5ncc(-c6cncc(NC(=O)C7CCCCC7)c6)cc45)nc23)cn1. The van der Waals surface area contributed by atoms with Crippen molar-refractivity contribution in [3.63, 3.8) is 0 Å². The molecular weight excluding hydrogens is 492 g/mol. The third-order valence-electron chi connectivity index (χ3n) is 7.30. The summed E-state index contributed by atoms with van der Waals surface area (Å²) in [4.78, 5) is 38.8. The minimum absolute atomic E-state index is 0.0731. The number of carbonyl (C=O) groups excluding carboxylic acids is 1. The highest BCUT2D eigenvalue weighted by Gasteiger charge is 2.21. The second-order valence-electron chi connectivity index (χ2n) is 10.0. The molecule has 1 fully saturated rings. The lowest BCUT2D eigenvalue weighted by Crippen LogP contribution is -2.24. The van der Waals surface area contributed by atoms with E-state index in [-0.39, 0.29) is 11.8 Å². The number of rotatable bonds is 5. The zero-order valence-corrected chi connectivity index (χ0v) is 21.3. The Morgan fingerprint density at radius 1 is 1.05 bits per heavy atom. The zero-order chi connectivity index (χ0) is 26.3. The van der Waals surface area contributed by atoms with Crippen molar-refractivity contribution in [2.45, 2.75) is 39.0 Å². The standard InChI is InChI=1S/C28H26N10O/c1-16-14-38(15-32-16)27-24-22(7-8-30-27)34-26(35-24)23-21-10-19(12-31-25(21)37-36-23)18-9-20(13-29-11-18)33-28(39)17-5-3-2-4-6-17/h7-15,17H,2-6H2,1H3,(H,33,39)(H,34,35)(H,31,36,37). The van der Waals surface area contributed by atoms with Crippen LogP contribution in [0.5, 0.6) is 0 Å². The van der Waals surface area contributed by atoms with Crippen LogP contribution in [-0.4, -0.2) is 50.6 Å². The van der Waals surface area contributed by atoms with E-state index in [1.807, 2.05) is 35.9 Å². The number of aromatic nitrogens is 9. The number of hydrogen-bond acceptors (Lipinski definition) is 7. The average molecular weight is 519 g/mol. The van der Waals surface area contributed by atoms with Gasteiger partial charge in [-0.15, -0.1) is 0 Å². The minimum Gasteiger partial charge on any atom is -0.336 e. The van der Waals surface area contributed by atoms with Crippen LogP contribution in [0.15, 0.2) is 55.5 Å². The van der Waals surface area contributed by atoms with Crippen LogP contribution in [0.2, 0.25) is 0 Å². The van der Waals surface area contributed by atoms with Crippen molar-refractivity contribution in [1.29, 1.82) is 0 Å². The lowest BCUT2D eigenvalue weighted by atomic mass is 9.88. The highest BCUT2D eigenvalue weighted by molar-refractivity contribution is 5.95. The lowest BCUT2D eigenvalue weighted by molar-refractivity contribution is -0.120. The van der Waals surface area contributed by atoms with Crippen molar-refractivity contribution in [2.24, 2.45) is 5.92 Å². The molecule has 194 valence electrons. The van der Waals surface area contributed by atoms with E-state index in [0.717, 1.165) is 64.6 Å². The smallest absolute Gasteiger partial charge is 0.227 e.